The van der Waals surface area contributed by atoms with Crippen LogP contribution in [-0.2, 0) is 14.3 Å². The SMILES string of the molecule is COC(=O)CC1c2ccc(O)c3c2C(=Cc2ccc(O)c(O)c21)C(=O)O3. The summed E-state index contributed by atoms with van der Waals surface area (Å²) in [5.41, 5.74) is 1.87. The van der Waals surface area contributed by atoms with Crippen molar-refractivity contribution in [3.05, 3.63) is 46.5 Å². The lowest BCUT2D eigenvalue weighted by Gasteiger charge is -2.21. The molecule has 1 unspecified atom stereocenters. The molecule has 4 rings (SSSR count). The highest BCUT2D eigenvalue weighted by atomic mass is 16.5. The molecule has 0 amide bonds. The molecule has 26 heavy (non-hydrogen) atoms. The predicted molar refractivity (Wildman–Crippen MR) is 89.9 cm³/mol. The molecular weight excluding hydrogens is 340 g/mol. The summed E-state index contributed by atoms with van der Waals surface area (Å²) in [6.07, 6.45) is 1.38. The van der Waals surface area contributed by atoms with Crippen LogP contribution in [0.3, 0.4) is 0 Å². The van der Waals surface area contributed by atoms with Gasteiger partial charge in [0.25, 0.3) is 0 Å². The number of ether oxygens (including phenoxy) is 2. The van der Waals surface area contributed by atoms with Gasteiger partial charge in [-0.25, -0.2) is 4.79 Å². The Balaban J connectivity index is 2.07. The number of esters is 2. The molecule has 1 heterocycles. The van der Waals surface area contributed by atoms with Crippen LogP contribution in [-0.4, -0.2) is 34.4 Å². The van der Waals surface area contributed by atoms with Crippen LogP contribution in [0.15, 0.2) is 24.3 Å². The minimum Gasteiger partial charge on any atom is -0.504 e. The standard InChI is InChI=1S/C19H14O7/c1-25-14(22)7-10-9-3-5-13(21)18-16(9)11(19(24)26-18)6-8-2-4-12(20)17(23)15(8)10/h2-6,10,20-21,23H,7H2,1H3. The number of methoxy groups -OCH3 is 1. The molecule has 0 spiro atoms. The van der Waals surface area contributed by atoms with Crippen LogP contribution in [0.5, 0.6) is 23.0 Å². The zero-order valence-corrected chi connectivity index (χ0v) is 13.6. The number of phenols is 3. The maximum Gasteiger partial charge on any atom is 0.344 e. The third-order valence-corrected chi connectivity index (χ3v) is 4.70. The van der Waals surface area contributed by atoms with Crippen LogP contribution >= 0.6 is 0 Å². The van der Waals surface area contributed by atoms with E-state index < -0.39 is 17.9 Å². The van der Waals surface area contributed by atoms with Gasteiger partial charge in [-0.2, -0.15) is 0 Å². The summed E-state index contributed by atoms with van der Waals surface area (Å²) in [5.74, 6) is -2.76. The zero-order valence-electron chi connectivity index (χ0n) is 13.6. The monoisotopic (exact) mass is 354 g/mol. The minimum atomic E-state index is -0.706. The van der Waals surface area contributed by atoms with Gasteiger partial charge in [0.2, 0.25) is 0 Å². The Kier molecular flexibility index (Phi) is 3.40. The second kappa shape index (κ2) is 5.52. The molecule has 0 bridgehead atoms. The van der Waals surface area contributed by atoms with Gasteiger partial charge in [-0.1, -0.05) is 12.1 Å². The van der Waals surface area contributed by atoms with Gasteiger partial charge in [-0.3, -0.25) is 4.79 Å². The quantitative estimate of drug-likeness (QED) is 0.431. The molecule has 0 fully saturated rings. The van der Waals surface area contributed by atoms with E-state index in [2.05, 4.69) is 0 Å². The Bertz CT molecular complexity index is 1000. The molecule has 0 saturated carbocycles. The molecule has 7 nitrogen and oxygen atoms in total. The van der Waals surface area contributed by atoms with Crippen molar-refractivity contribution in [1.82, 2.24) is 0 Å². The van der Waals surface area contributed by atoms with E-state index in [9.17, 15) is 24.9 Å². The van der Waals surface area contributed by atoms with Crippen molar-refractivity contribution >= 4 is 23.6 Å². The maximum atomic E-state index is 12.3. The summed E-state index contributed by atoms with van der Waals surface area (Å²) in [7, 11) is 1.25. The van der Waals surface area contributed by atoms with E-state index in [1.807, 2.05) is 0 Å². The lowest BCUT2D eigenvalue weighted by Crippen LogP contribution is -2.12. The first-order chi connectivity index (χ1) is 12.4. The first-order valence-electron chi connectivity index (χ1n) is 7.84. The van der Waals surface area contributed by atoms with Crippen molar-refractivity contribution in [3.8, 4) is 23.0 Å². The fourth-order valence-electron chi connectivity index (χ4n) is 3.52. The molecular formula is C19H14O7. The average Bonchev–Trinajstić information content (AvgIpc) is 2.87. The number of aromatic hydroxyl groups is 3. The summed E-state index contributed by atoms with van der Waals surface area (Å²) < 4.78 is 9.94. The molecule has 1 atom stereocenters. The normalized spacial score (nSPS) is 16.9. The van der Waals surface area contributed by atoms with E-state index in [1.54, 1.807) is 12.1 Å². The second-order valence-electron chi connectivity index (χ2n) is 6.09. The third kappa shape index (κ3) is 2.13. The van der Waals surface area contributed by atoms with Gasteiger partial charge in [0.05, 0.1) is 19.1 Å². The molecule has 2 aromatic rings. The number of carbonyl (C=O) groups excluding carboxylic acids is 2. The van der Waals surface area contributed by atoms with Gasteiger partial charge in [-0.05, 0) is 29.3 Å². The topological polar surface area (TPSA) is 113 Å². The number of hydrogen-bond donors (Lipinski definition) is 3. The van der Waals surface area contributed by atoms with Gasteiger partial charge in [0.15, 0.2) is 23.0 Å². The lowest BCUT2D eigenvalue weighted by atomic mass is 9.84. The first kappa shape index (κ1) is 16.0. The van der Waals surface area contributed by atoms with Gasteiger partial charge >= 0.3 is 11.9 Å². The Morgan fingerprint density at radius 2 is 1.88 bits per heavy atom. The second-order valence-corrected chi connectivity index (χ2v) is 6.09. The summed E-state index contributed by atoms with van der Waals surface area (Å²) in [5, 5.41) is 30.4. The summed E-state index contributed by atoms with van der Waals surface area (Å²) >= 11 is 0. The van der Waals surface area contributed by atoms with Crippen molar-refractivity contribution in [2.45, 2.75) is 12.3 Å². The Morgan fingerprint density at radius 3 is 2.62 bits per heavy atom. The van der Waals surface area contributed by atoms with Gasteiger partial charge in [-0.15, -0.1) is 0 Å². The highest BCUT2D eigenvalue weighted by molar-refractivity contribution is 6.27. The van der Waals surface area contributed by atoms with Crippen LogP contribution < -0.4 is 4.74 Å². The van der Waals surface area contributed by atoms with Gasteiger partial charge in [0.1, 0.15) is 0 Å². The van der Waals surface area contributed by atoms with Crippen molar-refractivity contribution in [2.75, 3.05) is 7.11 Å². The molecule has 3 N–H and O–H groups in total. The number of rotatable bonds is 2. The molecule has 0 radical (unpaired) electrons. The van der Waals surface area contributed by atoms with E-state index in [0.717, 1.165) is 0 Å². The van der Waals surface area contributed by atoms with Crippen LogP contribution in [0.2, 0.25) is 0 Å². The molecule has 1 aliphatic carbocycles. The summed E-state index contributed by atoms with van der Waals surface area (Å²) in [4.78, 5) is 24.3. The fourth-order valence-corrected chi connectivity index (χ4v) is 3.52. The minimum absolute atomic E-state index is 0.0186. The molecule has 2 aromatic carbocycles. The predicted octanol–water partition coefficient (Wildman–Crippen LogP) is 2.27. The smallest absolute Gasteiger partial charge is 0.344 e. The third-order valence-electron chi connectivity index (χ3n) is 4.70. The highest BCUT2D eigenvalue weighted by Crippen LogP contribution is 2.52. The van der Waals surface area contributed by atoms with Crippen LogP contribution in [0, 0.1) is 0 Å². The number of benzene rings is 2. The van der Waals surface area contributed by atoms with Crippen molar-refractivity contribution < 1.29 is 34.4 Å². The number of fused-ring (bicyclic) bond motifs is 1. The van der Waals surface area contributed by atoms with E-state index in [-0.39, 0.29) is 35.0 Å². The van der Waals surface area contributed by atoms with Crippen LogP contribution in [0.4, 0.5) is 0 Å². The Morgan fingerprint density at radius 1 is 1.15 bits per heavy atom. The fraction of sp³-hybridized carbons (Fsp3) is 0.158. The Labute approximate surface area is 147 Å². The van der Waals surface area contributed by atoms with E-state index >= 15 is 0 Å². The summed E-state index contributed by atoms with van der Waals surface area (Å²) in [6.45, 7) is 0. The molecule has 7 heteroatoms. The summed E-state index contributed by atoms with van der Waals surface area (Å²) in [6, 6.07) is 5.77. The molecule has 0 saturated heterocycles. The van der Waals surface area contributed by atoms with Gasteiger partial charge in [0, 0.05) is 17.0 Å². The molecule has 0 aromatic heterocycles. The maximum absolute atomic E-state index is 12.3. The van der Waals surface area contributed by atoms with E-state index in [0.29, 0.717) is 22.3 Å². The van der Waals surface area contributed by atoms with Crippen molar-refractivity contribution in [3.63, 3.8) is 0 Å². The number of hydrogen-bond acceptors (Lipinski definition) is 7. The Hall–Kier alpha value is -3.48. The first-order valence-corrected chi connectivity index (χ1v) is 7.84. The highest BCUT2D eigenvalue weighted by Gasteiger charge is 2.39. The van der Waals surface area contributed by atoms with Gasteiger partial charge < -0.3 is 24.8 Å². The van der Waals surface area contributed by atoms with Crippen LogP contribution in [0.1, 0.15) is 34.6 Å². The number of carbonyl (C=O) groups is 2. The van der Waals surface area contributed by atoms with Crippen LogP contribution in [0.25, 0.3) is 11.6 Å². The molecule has 2 aliphatic rings. The van der Waals surface area contributed by atoms with E-state index in [1.165, 1.54) is 25.3 Å². The largest absolute Gasteiger partial charge is 0.504 e. The van der Waals surface area contributed by atoms with Crippen molar-refractivity contribution in [1.29, 1.82) is 0 Å². The molecule has 1 aliphatic heterocycles. The van der Waals surface area contributed by atoms with Crippen molar-refractivity contribution in [2.24, 2.45) is 0 Å². The van der Waals surface area contributed by atoms with E-state index in [4.69, 9.17) is 9.47 Å². The zero-order chi connectivity index (χ0) is 18.6. The molecule has 132 valence electrons. The number of phenolic OH excluding ortho intramolecular Hbond substituents is 3. The average molecular weight is 354 g/mol. The lowest BCUT2D eigenvalue weighted by molar-refractivity contribution is -0.140.